The maximum Gasteiger partial charge on any atom is 0.181 e. The number of hydrogen-bond donors (Lipinski definition) is 0. The highest BCUT2D eigenvalue weighted by molar-refractivity contribution is 7.20. The number of nitrogens with zero attached hydrogens (tertiary/aromatic N) is 2. The van der Waals surface area contributed by atoms with Crippen LogP contribution < -0.4 is 20.7 Å². The summed E-state index contributed by atoms with van der Waals surface area (Å²) < 4.78 is 5.15. The maximum absolute atomic E-state index is 3.09. The molecule has 0 saturated carbocycles. The van der Waals surface area contributed by atoms with Crippen LogP contribution in [0, 0.1) is 0 Å². The van der Waals surface area contributed by atoms with E-state index in [4.69, 9.17) is 0 Å². The number of aromatic nitrogens is 2. The molecule has 0 amide bonds. The Balaban J connectivity index is 1.23. The number of fused-ring (bicyclic) bond motifs is 10. The zero-order valence-electron chi connectivity index (χ0n) is 33.9. The third-order valence-corrected chi connectivity index (χ3v) is 18.5. The third-order valence-electron chi connectivity index (χ3n) is 13.7. The molecule has 0 spiro atoms. The highest BCUT2D eigenvalue weighted by atomic mass is 28.3. The SMILES string of the molecule is CC1(C)c2ccccc2-c2c1ccc1c3ccccc3n(-c3cccc([Si](c4ccccc4)(c4ccccc4)c4cccc5c6ccccc6n(C6=CCCC=C6)c45)c3)c21. The van der Waals surface area contributed by atoms with Crippen LogP contribution in [0.25, 0.3) is 66.1 Å². The quantitative estimate of drug-likeness (QED) is 0.117. The molecule has 8 aromatic carbocycles. The van der Waals surface area contributed by atoms with Crippen molar-refractivity contribution in [3.8, 4) is 16.8 Å². The largest absolute Gasteiger partial charge is 0.310 e. The van der Waals surface area contributed by atoms with Gasteiger partial charge in [-0.3, -0.25) is 0 Å². The molecule has 10 aromatic rings. The summed E-state index contributed by atoms with van der Waals surface area (Å²) in [5.41, 5.74) is 12.9. The first-order chi connectivity index (χ1) is 29.6. The second-order valence-electron chi connectivity index (χ2n) is 17.1. The van der Waals surface area contributed by atoms with Crippen LogP contribution in [0.2, 0.25) is 0 Å². The lowest BCUT2D eigenvalue weighted by molar-refractivity contribution is 0.661. The standard InChI is InChI=1S/C57H44N2Si/c1-57(2)49-32-15-12-30-48(49)54-50(57)37-36-47-45-29-14-17-34-52(45)59(56(47)54)40-22-18-27-43(38-40)60(41-23-8-4-9-24-41,42-25-10-5-11-26-42)53-35-19-31-46-44-28-13-16-33-51(44)58(55(46)53)39-20-6-3-7-21-39/h4-6,8-38H,3,7H2,1-2H3. The summed E-state index contributed by atoms with van der Waals surface area (Å²) >= 11 is 0. The van der Waals surface area contributed by atoms with E-state index in [1.54, 1.807) is 0 Å². The molecule has 12 rings (SSSR count). The van der Waals surface area contributed by atoms with Gasteiger partial charge in [-0.25, -0.2) is 0 Å². The number of hydrogen-bond acceptors (Lipinski definition) is 0. The Morgan fingerprint density at radius 3 is 1.78 bits per heavy atom. The molecule has 0 aliphatic heterocycles. The van der Waals surface area contributed by atoms with E-state index in [9.17, 15) is 0 Å². The summed E-state index contributed by atoms with van der Waals surface area (Å²) in [7, 11) is -3.09. The number of para-hydroxylation sites is 3. The van der Waals surface area contributed by atoms with E-state index in [0.717, 1.165) is 12.8 Å². The lowest BCUT2D eigenvalue weighted by atomic mass is 9.82. The summed E-state index contributed by atoms with van der Waals surface area (Å²) in [6.07, 6.45) is 9.21. The van der Waals surface area contributed by atoms with E-state index in [0.29, 0.717) is 0 Å². The molecular formula is C57H44N2Si. The van der Waals surface area contributed by atoms with Gasteiger partial charge in [-0.15, -0.1) is 0 Å². The minimum absolute atomic E-state index is 0.105. The monoisotopic (exact) mass is 784 g/mol. The lowest BCUT2D eigenvalue weighted by Gasteiger charge is -2.35. The van der Waals surface area contributed by atoms with Gasteiger partial charge >= 0.3 is 0 Å². The van der Waals surface area contributed by atoms with Crippen LogP contribution in [0.1, 0.15) is 37.8 Å². The Kier molecular flexibility index (Phi) is 7.76. The molecule has 0 fully saturated rings. The van der Waals surface area contributed by atoms with Crippen LogP contribution in [0.15, 0.2) is 206 Å². The lowest BCUT2D eigenvalue weighted by Crippen LogP contribution is -2.75. The average molecular weight is 785 g/mol. The zero-order valence-corrected chi connectivity index (χ0v) is 34.9. The van der Waals surface area contributed by atoms with Crippen molar-refractivity contribution >= 4 is 78.1 Å². The molecule has 0 unspecified atom stereocenters. The summed E-state index contributed by atoms with van der Waals surface area (Å²) in [5.74, 6) is 0. The molecule has 2 aliphatic rings. The normalized spacial score (nSPS) is 14.5. The van der Waals surface area contributed by atoms with Crippen molar-refractivity contribution in [2.45, 2.75) is 32.1 Å². The first-order valence-corrected chi connectivity index (χ1v) is 23.3. The van der Waals surface area contributed by atoms with Crippen molar-refractivity contribution in [1.29, 1.82) is 0 Å². The molecule has 3 heteroatoms. The van der Waals surface area contributed by atoms with Gasteiger partial charge < -0.3 is 9.13 Å². The Labute approximate surface area is 352 Å². The summed E-state index contributed by atoms with van der Waals surface area (Å²) in [6.45, 7) is 4.77. The fourth-order valence-corrected chi connectivity index (χ4v) is 16.1. The fourth-order valence-electron chi connectivity index (χ4n) is 11.1. The molecule has 0 atom stereocenters. The van der Waals surface area contributed by atoms with E-state index < -0.39 is 8.07 Å². The van der Waals surface area contributed by atoms with E-state index in [1.807, 2.05) is 0 Å². The van der Waals surface area contributed by atoms with E-state index in [2.05, 4.69) is 229 Å². The molecule has 0 N–H and O–H groups in total. The van der Waals surface area contributed by atoms with Crippen LogP contribution in [-0.4, -0.2) is 17.2 Å². The Bertz CT molecular complexity index is 3360. The van der Waals surface area contributed by atoms with Crippen molar-refractivity contribution in [2.24, 2.45) is 0 Å². The smallest absolute Gasteiger partial charge is 0.181 e. The molecule has 2 aliphatic carbocycles. The molecule has 0 saturated heterocycles. The highest BCUT2D eigenvalue weighted by Crippen LogP contribution is 2.52. The summed E-state index contributed by atoms with van der Waals surface area (Å²) in [6, 6.07) is 71.4. The van der Waals surface area contributed by atoms with Crippen LogP contribution >= 0.6 is 0 Å². The van der Waals surface area contributed by atoms with Gasteiger partial charge in [0.1, 0.15) is 0 Å². The Morgan fingerprint density at radius 2 is 1.07 bits per heavy atom. The van der Waals surface area contributed by atoms with Crippen molar-refractivity contribution in [3.63, 3.8) is 0 Å². The van der Waals surface area contributed by atoms with Crippen LogP contribution in [0.4, 0.5) is 0 Å². The van der Waals surface area contributed by atoms with Crippen molar-refractivity contribution in [3.05, 3.63) is 217 Å². The van der Waals surface area contributed by atoms with Crippen LogP contribution in [-0.2, 0) is 5.41 Å². The van der Waals surface area contributed by atoms with Gasteiger partial charge in [-0.1, -0.05) is 190 Å². The zero-order chi connectivity index (χ0) is 40.0. The minimum atomic E-state index is -3.09. The van der Waals surface area contributed by atoms with Gasteiger partial charge in [0.2, 0.25) is 0 Å². The van der Waals surface area contributed by atoms with Gasteiger partial charge in [-0.05, 0) is 80.6 Å². The van der Waals surface area contributed by atoms with Crippen LogP contribution in [0.3, 0.4) is 0 Å². The second-order valence-corrected chi connectivity index (χ2v) is 20.9. The Hall–Kier alpha value is -6.94. The first-order valence-electron chi connectivity index (χ1n) is 21.3. The van der Waals surface area contributed by atoms with Crippen molar-refractivity contribution in [2.75, 3.05) is 0 Å². The summed E-state index contributed by atoms with van der Waals surface area (Å²) in [4.78, 5) is 0. The molecule has 60 heavy (non-hydrogen) atoms. The van der Waals surface area contributed by atoms with E-state index in [-0.39, 0.29) is 5.41 Å². The predicted molar refractivity (Wildman–Crippen MR) is 258 cm³/mol. The molecule has 286 valence electrons. The summed E-state index contributed by atoms with van der Waals surface area (Å²) in [5, 5.41) is 10.6. The van der Waals surface area contributed by atoms with Gasteiger partial charge in [0.25, 0.3) is 0 Å². The maximum atomic E-state index is 2.58. The average Bonchev–Trinajstić information content (AvgIpc) is 3.91. The molecular weight excluding hydrogens is 741 g/mol. The number of rotatable bonds is 6. The highest BCUT2D eigenvalue weighted by Gasteiger charge is 2.44. The van der Waals surface area contributed by atoms with Crippen molar-refractivity contribution in [1.82, 2.24) is 9.13 Å². The Morgan fingerprint density at radius 1 is 0.467 bits per heavy atom. The first kappa shape index (κ1) is 35.0. The van der Waals surface area contributed by atoms with Gasteiger partial charge in [0.05, 0.1) is 22.1 Å². The van der Waals surface area contributed by atoms with Gasteiger partial charge in [-0.2, -0.15) is 0 Å². The molecule has 0 radical (unpaired) electrons. The molecule has 0 bridgehead atoms. The second kappa shape index (κ2) is 13.3. The minimum Gasteiger partial charge on any atom is -0.310 e. The molecule has 2 aromatic heterocycles. The van der Waals surface area contributed by atoms with Crippen molar-refractivity contribution < 1.29 is 0 Å². The topological polar surface area (TPSA) is 9.86 Å². The van der Waals surface area contributed by atoms with Gasteiger partial charge in [0, 0.05) is 43.9 Å². The molecule has 2 nitrogen and oxygen atoms in total. The van der Waals surface area contributed by atoms with E-state index in [1.165, 1.54) is 98.0 Å². The molecule has 2 heterocycles. The van der Waals surface area contributed by atoms with Gasteiger partial charge in [0.15, 0.2) is 8.07 Å². The van der Waals surface area contributed by atoms with E-state index >= 15 is 0 Å². The fraction of sp³-hybridized carbons (Fsp3) is 0.0877. The predicted octanol–water partition coefficient (Wildman–Crippen LogP) is 11.8. The number of allylic oxidation sites excluding steroid dienone is 4. The number of benzene rings is 8. The van der Waals surface area contributed by atoms with Crippen LogP contribution in [0.5, 0.6) is 0 Å². The third kappa shape index (κ3) is 4.81.